The molecule has 0 amide bonds. The van der Waals surface area contributed by atoms with Gasteiger partial charge in [0.25, 0.3) is 13.9 Å². The fraction of sp³-hybridized carbons (Fsp3) is 0.389. The third-order valence-corrected chi connectivity index (χ3v) is 13.5. The van der Waals surface area contributed by atoms with Gasteiger partial charge in [-0.1, -0.05) is 112 Å². The summed E-state index contributed by atoms with van der Waals surface area (Å²) in [4.78, 5) is 26.7. The van der Waals surface area contributed by atoms with Gasteiger partial charge in [0.2, 0.25) is 0 Å². The molecule has 1 N–H and O–H groups in total. The van der Waals surface area contributed by atoms with E-state index in [0.717, 1.165) is 20.5 Å². The predicted octanol–water partition coefficient (Wildman–Crippen LogP) is 3.73. The zero-order valence-corrected chi connectivity index (χ0v) is 28.0. The standard InChI is InChI=1S/C36H44N2O7Si/c1-27-23-37(35(41)38(34(27)40)26-42-24-28-14-8-5-9-15-28)33-22-31(43-21-20-39)32(45-33)25-44-46(36(2,3)4,29-16-10-6-11-17-29)30-18-12-7-13-19-30/h5-19,23,31-33,39H,20-22,24-26H2,1-4H3/t31-,32+,33+/m0/s1. The molecule has 0 radical (unpaired) electrons. The fourth-order valence-corrected chi connectivity index (χ4v) is 10.8. The highest BCUT2D eigenvalue weighted by atomic mass is 28.4. The van der Waals surface area contributed by atoms with Crippen LogP contribution in [0.5, 0.6) is 0 Å². The number of aromatic nitrogens is 2. The van der Waals surface area contributed by atoms with E-state index in [0.29, 0.717) is 12.0 Å². The van der Waals surface area contributed by atoms with Gasteiger partial charge in [-0.3, -0.25) is 9.36 Å². The molecule has 2 heterocycles. The third kappa shape index (κ3) is 7.17. The van der Waals surface area contributed by atoms with Crippen LogP contribution in [0.15, 0.2) is 107 Å². The molecule has 1 saturated heterocycles. The number of ether oxygens (including phenoxy) is 3. The second-order valence-corrected chi connectivity index (χ2v) is 17.0. The second kappa shape index (κ2) is 14.8. The normalized spacial score (nSPS) is 18.6. The maximum Gasteiger partial charge on any atom is 0.335 e. The van der Waals surface area contributed by atoms with E-state index < -0.39 is 38.0 Å². The SMILES string of the molecule is Cc1cn([C@H]2C[C@H](OCCO)[C@@H](CO[Si](c3ccccc3)(c3ccccc3)C(C)(C)C)O2)c(=O)n(COCc2ccccc2)c1=O. The van der Waals surface area contributed by atoms with Gasteiger partial charge in [-0.2, -0.15) is 0 Å². The lowest BCUT2D eigenvalue weighted by Gasteiger charge is -2.43. The minimum Gasteiger partial charge on any atom is -0.405 e. The van der Waals surface area contributed by atoms with Crippen molar-refractivity contribution in [3.63, 3.8) is 0 Å². The van der Waals surface area contributed by atoms with E-state index >= 15 is 0 Å². The molecule has 0 unspecified atom stereocenters. The van der Waals surface area contributed by atoms with Gasteiger partial charge in [0.1, 0.15) is 19.1 Å². The maximum absolute atomic E-state index is 13.7. The Morgan fingerprint density at radius 2 is 1.50 bits per heavy atom. The summed E-state index contributed by atoms with van der Waals surface area (Å²) in [5, 5.41) is 11.6. The van der Waals surface area contributed by atoms with Crippen LogP contribution in [0.25, 0.3) is 0 Å². The van der Waals surface area contributed by atoms with E-state index in [9.17, 15) is 14.7 Å². The van der Waals surface area contributed by atoms with Gasteiger partial charge in [-0.05, 0) is 27.9 Å². The smallest absolute Gasteiger partial charge is 0.335 e. The monoisotopic (exact) mass is 644 g/mol. The lowest BCUT2D eigenvalue weighted by Crippen LogP contribution is -2.67. The van der Waals surface area contributed by atoms with Crippen molar-refractivity contribution in [3.05, 3.63) is 129 Å². The summed E-state index contributed by atoms with van der Waals surface area (Å²) < 4.78 is 28.1. The lowest BCUT2D eigenvalue weighted by atomic mass is 10.2. The molecule has 0 saturated carbocycles. The van der Waals surface area contributed by atoms with E-state index in [1.807, 2.05) is 66.7 Å². The van der Waals surface area contributed by atoms with Crippen molar-refractivity contribution >= 4 is 18.7 Å². The van der Waals surface area contributed by atoms with Gasteiger partial charge in [0.05, 0.1) is 32.5 Å². The van der Waals surface area contributed by atoms with Crippen LogP contribution < -0.4 is 21.6 Å². The van der Waals surface area contributed by atoms with Crippen molar-refractivity contribution in [3.8, 4) is 0 Å². The minimum atomic E-state index is -2.87. The average Bonchev–Trinajstić information content (AvgIpc) is 3.47. The van der Waals surface area contributed by atoms with Crippen molar-refractivity contribution in [1.29, 1.82) is 0 Å². The number of aliphatic hydroxyl groups is 1. The first-order valence-corrected chi connectivity index (χ1v) is 17.6. The van der Waals surface area contributed by atoms with E-state index in [4.69, 9.17) is 18.6 Å². The first-order chi connectivity index (χ1) is 22.2. The zero-order chi connectivity index (χ0) is 32.7. The molecule has 244 valence electrons. The summed E-state index contributed by atoms with van der Waals surface area (Å²) in [5.74, 6) is 0. The number of nitrogens with zero attached hydrogens (tertiary/aromatic N) is 2. The van der Waals surface area contributed by atoms with Crippen LogP contribution >= 0.6 is 0 Å². The van der Waals surface area contributed by atoms with Gasteiger partial charge in [-0.15, -0.1) is 0 Å². The Morgan fingerprint density at radius 3 is 2.07 bits per heavy atom. The van der Waals surface area contributed by atoms with Gasteiger partial charge in [0, 0.05) is 18.2 Å². The predicted molar refractivity (Wildman–Crippen MR) is 180 cm³/mol. The van der Waals surface area contributed by atoms with Gasteiger partial charge in [0.15, 0.2) is 0 Å². The Kier molecular flexibility index (Phi) is 10.9. The molecular weight excluding hydrogens is 600 g/mol. The van der Waals surface area contributed by atoms with Crippen LogP contribution in [-0.2, 0) is 32.0 Å². The first kappa shape index (κ1) is 33.7. The second-order valence-electron chi connectivity index (χ2n) is 12.7. The van der Waals surface area contributed by atoms with E-state index in [2.05, 4.69) is 45.0 Å². The van der Waals surface area contributed by atoms with Gasteiger partial charge < -0.3 is 23.7 Å². The molecule has 1 aromatic heterocycles. The van der Waals surface area contributed by atoms with Crippen molar-refractivity contribution in [2.75, 3.05) is 19.8 Å². The highest BCUT2D eigenvalue weighted by Gasteiger charge is 2.51. The highest BCUT2D eigenvalue weighted by molar-refractivity contribution is 6.99. The summed E-state index contributed by atoms with van der Waals surface area (Å²) in [6.07, 6.45) is 0.204. The minimum absolute atomic E-state index is 0.122. The quantitative estimate of drug-likeness (QED) is 0.222. The fourth-order valence-electron chi connectivity index (χ4n) is 6.28. The summed E-state index contributed by atoms with van der Waals surface area (Å²) in [6.45, 7) is 8.57. The molecule has 5 rings (SSSR count). The largest absolute Gasteiger partial charge is 0.405 e. The number of hydrogen-bond acceptors (Lipinski definition) is 7. The highest BCUT2D eigenvalue weighted by Crippen LogP contribution is 2.38. The number of rotatable bonds is 13. The molecule has 1 aliphatic heterocycles. The first-order valence-electron chi connectivity index (χ1n) is 15.7. The maximum atomic E-state index is 13.7. The molecule has 46 heavy (non-hydrogen) atoms. The summed E-state index contributed by atoms with van der Waals surface area (Å²) >= 11 is 0. The topological polar surface area (TPSA) is 101 Å². The van der Waals surface area contributed by atoms with Crippen molar-refractivity contribution in [2.45, 2.75) is 70.9 Å². The third-order valence-electron chi connectivity index (χ3n) is 8.49. The van der Waals surface area contributed by atoms with Crippen LogP contribution in [0, 0.1) is 6.92 Å². The summed E-state index contributed by atoms with van der Waals surface area (Å²) in [7, 11) is -2.87. The Labute approximate surface area is 271 Å². The van der Waals surface area contributed by atoms with Crippen molar-refractivity contribution in [2.24, 2.45) is 0 Å². The van der Waals surface area contributed by atoms with Crippen LogP contribution in [0.1, 0.15) is 44.5 Å². The molecule has 10 heteroatoms. The Balaban J connectivity index is 1.43. The Morgan fingerprint density at radius 1 is 0.913 bits per heavy atom. The number of aryl methyl sites for hydroxylation is 1. The number of hydrogen-bond donors (Lipinski definition) is 1. The molecular formula is C36H44N2O7Si. The van der Waals surface area contributed by atoms with E-state index in [-0.39, 0.29) is 38.2 Å². The van der Waals surface area contributed by atoms with Crippen LogP contribution in [0.2, 0.25) is 5.04 Å². The Bertz CT molecular complexity index is 1630. The van der Waals surface area contributed by atoms with Crippen molar-refractivity contribution < 1.29 is 23.7 Å². The van der Waals surface area contributed by atoms with Gasteiger partial charge in [-0.25, -0.2) is 9.36 Å². The number of benzene rings is 3. The van der Waals surface area contributed by atoms with Gasteiger partial charge >= 0.3 is 5.69 Å². The average molecular weight is 645 g/mol. The molecule has 0 aliphatic carbocycles. The molecule has 1 fully saturated rings. The molecule has 0 spiro atoms. The zero-order valence-electron chi connectivity index (χ0n) is 27.0. The molecule has 0 bridgehead atoms. The van der Waals surface area contributed by atoms with Crippen LogP contribution in [0.3, 0.4) is 0 Å². The van der Waals surface area contributed by atoms with Crippen LogP contribution in [0.4, 0.5) is 0 Å². The van der Waals surface area contributed by atoms with E-state index in [1.165, 1.54) is 10.8 Å². The van der Waals surface area contributed by atoms with Crippen molar-refractivity contribution in [1.82, 2.24) is 9.13 Å². The van der Waals surface area contributed by atoms with E-state index in [1.54, 1.807) is 6.92 Å². The molecule has 3 atom stereocenters. The molecule has 4 aromatic rings. The molecule has 1 aliphatic rings. The Hall–Kier alpha value is -3.64. The summed E-state index contributed by atoms with van der Waals surface area (Å²) in [5.41, 5.74) is 0.400. The lowest BCUT2D eigenvalue weighted by molar-refractivity contribution is -0.0638. The molecule has 3 aromatic carbocycles. The number of aliphatic hydroxyl groups excluding tert-OH is 1. The van der Waals surface area contributed by atoms with Crippen LogP contribution in [-0.4, -0.2) is 54.6 Å². The summed E-state index contributed by atoms with van der Waals surface area (Å²) in [6, 6.07) is 30.3. The molecule has 9 nitrogen and oxygen atoms in total.